The third kappa shape index (κ3) is 5.74. The number of nitrogens with zero attached hydrogens (tertiary/aromatic N) is 2. The topological polar surface area (TPSA) is 32.8 Å². The molecule has 1 rings (SSSR count). The molecule has 112 valence electrons. The second-order valence-corrected chi connectivity index (χ2v) is 6.29. The Balaban J connectivity index is 2.62. The SMILES string of the molecule is CC(=O)SCCCOc1cc(N(C)C)cc(N(C)C)c1. The summed E-state index contributed by atoms with van der Waals surface area (Å²) in [7, 11) is 8.06. The molecule has 0 atom stereocenters. The van der Waals surface area contributed by atoms with E-state index in [-0.39, 0.29) is 5.12 Å². The molecule has 0 saturated carbocycles. The molecule has 1 aromatic carbocycles. The lowest BCUT2D eigenvalue weighted by molar-refractivity contribution is -0.109. The van der Waals surface area contributed by atoms with Gasteiger partial charge in [-0.15, -0.1) is 0 Å². The van der Waals surface area contributed by atoms with Gasteiger partial charge in [0, 0.05) is 64.4 Å². The minimum absolute atomic E-state index is 0.162. The van der Waals surface area contributed by atoms with Crippen LogP contribution in [0.4, 0.5) is 11.4 Å². The molecule has 0 aromatic heterocycles. The van der Waals surface area contributed by atoms with Crippen molar-refractivity contribution in [2.75, 3.05) is 50.4 Å². The Bertz CT molecular complexity index is 421. The summed E-state index contributed by atoms with van der Waals surface area (Å²) in [6.45, 7) is 2.22. The predicted octanol–water partition coefficient (Wildman–Crippen LogP) is 2.87. The third-order valence-corrected chi connectivity index (χ3v) is 3.67. The first-order valence-corrected chi connectivity index (χ1v) is 7.64. The van der Waals surface area contributed by atoms with Crippen molar-refractivity contribution < 1.29 is 9.53 Å². The molecule has 0 radical (unpaired) electrons. The van der Waals surface area contributed by atoms with Crippen LogP contribution in [0.15, 0.2) is 18.2 Å². The molecule has 0 heterocycles. The number of hydrogen-bond donors (Lipinski definition) is 0. The molecule has 0 aliphatic heterocycles. The van der Waals surface area contributed by atoms with E-state index < -0.39 is 0 Å². The van der Waals surface area contributed by atoms with Crippen molar-refractivity contribution in [3.63, 3.8) is 0 Å². The molecule has 1 aromatic rings. The van der Waals surface area contributed by atoms with E-state index in [0.29, 0.717) is 6.61 Å². The quantitative estimate of drug-likeness (QED) is 0.723. The highest BCUT2D eigenvalue weighted by Gasteiger charge is 2.05. The maximum Gasteiger partial charge on any atom is 0.185 e. The summed E-state index contributed by atoms with van der Waals surface area (Å²) in [4.78, 5) is 14.9. The summed E-state index contributed by atoms with van der Waals surface area (Å²) < 4.78 is 5.79. The number of rotatable bonds is 7. The minimum atomic E-state index is 0.162. The molecule has 0 amide bonds. The van der Waals surface area contributed by atoms with E-state index in [1.807, 2.05) is 40.3 Å². The van der Waals surface area contributed by atoms with E-state index in [9.17, 15) is 4.79 Å². The number of ether oxygens (including phenoxy) is 1. The molecule has 0 aliphatic rings. The summed E-state index contributed by atoms with van der Waals surface area (Å²) in [5, 5.41) is 0.162. The molecule has 4 nitrogen and oxygen atoms in total. The summed E-state index contributed by atoms with van der Waals surface area (Å²) in [6, 6.07) is 6.19. The molecule has 0 spiro atoms. The van der Waals surface area contributed by atoms with Gasteiger partial charge in [-0.05, 0) is 12.5 Å². The van der Waals surface area contributed by atoms with Crippen LogP contribution in [0.1, 0.15) is 13.3 Å². The monoisotopic (exact) mass is 296 g/mol. The second-order valence-electron chi connectivity index (χ2n) is 5.02. The van der Waals surface area contributed by atoms with E-state index in [0.717, 1.165) is 29.3 Å². The van der Waals surface area contributed by atoms with Gasteiger partial charge < -0.3 is 14.5 Å². The zero-order chi connectivity index (χ0) is 15.1. The highest BCUT2D eigenvalue weighted by molar-refractivity contribution is 8.13. The Labute approximate surface area is 126 Å². The van der Waals surface area contributed by atoms with Crippen molar-refractivity contribution in [3.8, 4) is 5.75 Å². The van der Waals surface area contributed by atoms with Crippen LogP contribution in [0, 0.1) is 0 Å². The first-order chi connectivity index (χ1) is 9.40. The van der Waals surface area contributed by atoms with Gasteiger partial charge in [-0.3, -0.25) is 4.79 Å². The van der Waals surface area contributed by atoms with Crippen LogP contribution in [-0.2, 0) is 4.79 Å². The molecule has 0 N–H and O–H groups in total. The van der Waals surface area contributed by atoms with Crippen molar-refractivity contribution in [2.24, 2.45) is 0 Å². The van der Waals surface area contributed by atoms with Gasteiger partial charge in [-0.1, -0.05) is 11.8 Å². The van der Waals surface area contributed by atoms with E-state index in [1.54, 1.807) is 6.92 Å². The molecule has 0 aliphatic carbocycles. The summed E-state index contributed by atoms with van der Waals surface area (Å²) >= 11 is 1.35. The highest BCUT2D eigenvalue weighted by Crippen LogP contribution is 2.27. The number of carbonyl (C=O) groups is 1. The van der Waals surface area contributed by atoms with Gasteiger partial charge >= 0.3 is 0 Å². The van der Waals surface area contributed by atoms with Gasteiger partial charge in [0.15, 0.2) is 5.12 Å². The van der Waals surface area contributed by atoms with Gasteiger partial charge in [0.2, 0.25) is 0 Å². The zero-order valence-corrected chi connectivity index (χ0v) is 13.8. The van der Waals surface area contributed by atoms with Crippen LogP contribution >= 0.6 is 11.8 Å². The summed E-state index contributed by atoms with van der Waals surface area (Å²) in [5.41, 5.74) is 2.23. The lowest BCUT2D eigenvalue weighted by atomic mass is 10.2. The van der Waals surface area contributed by atoms with Crippen LogP contribution in [0.3, 0.4) is 0 Å². The van der Waals surface area contributed by atoms with Gasteiger partial charge in [-0.2, -0.15) is 0 Å². The van der Waals surface area contributed by atoms with Gasteiger partial charge in [0.05, 0.1) is 6.61 Å². The van der Waals surface area contributed by atoms with Crippen molar-refractivity contribution in [1.82, 2.24) is 0 Å². The lowest BCUT2D eigenvalue weighted by Gasteiger charge is -2.20. The largest absolute Gasteiger partial charge is 0.493 e. The average molecular weight is 296 g/mol. The summed E-state index contributed by atoms with van der Waals surface area (Å²) in [5.74, 6) is 1.68. The van der Waals surface area contributed by atoms with E-state index in [2.05, 4.69) is 15.9 Å². The third-order valence-electron chi connectivity index (χ3n) is 2.77. The number of benzene rings is 1. The van der Waals surface area contributed by atoms with Gasteiger partial charge in [0.25, 0.3) is 0 Å². The summed E-state index contributed by atoms with van der Waals surface area (Å²) in [6.07, 6.45) is 0.869. The van der Waals surface area contributed by atoms with Crippen LogP contribution in [-0.4, -0.2) is 45.7 Å². The number of anilines is 2. The molecule has 0 saturated heterocycles. The van der Waals surface area contributed by atoms with Crippen LogP contribution in [0.25, 0.3) is 0 Å². The van der Waals surface area contributed by atoms with Crippen LogP contribution < -0.4 is 14.5 Å². The average Bonchev–Trinajstić information content (AvgIpc) is 2.37. The second kappa shape index (κ2) is 8.04. The molecular weight excluding hydrogens is 272 g/mol. The molecule has 5 heteroatoms. The Morgan fingerprint density at radius 3 is 2.10 bits per heavy atom. The lowest BCUT2D eigenvalue weighted by Crippen LogP contribution is -2.13. The van der Waals surface area contributed by atoms with Gasteiger partial charge in [0.1, 0.15) is 5.75 Å². The molecular formula is C15H24N2O2S. The molecule has 20 heavy (non-hydrogen) atoms. The molecule has 0 bridgehead atoms. The normalized spacial score (nSPS) is 10.2. The standard InChI is InChI=1S/C15H24N2O2S/c1-12(18)20-8-6-7-19-15-10-13(16(2)3)9-14(11-15)17(4)5/h9-11H,6-8H2,1-5H3. The number of thioether (sulfide) groups is 1. The fraction of sp³-hybridized carbons (Fsp3) is 0.533. The zero-order valence-electron chi connectivity index (χ0n) is 13.0. The predicted molar refractivity (Wildman–Crippen MR) is 88.3 cm³/mol. The van der Waals surface area contributed by atoms with Crippen molar-refractivity contribution in [3.05, 3.63) is 18.2 Å². The van der Waals surface area contributed by atoms with Gasteiger partial charge in [-0.25, -0.2) is 0 Å². The van der Waals surface area contributed by atoms with E-state index >= 15 is 0 Å². The first-order valence-electron chi connectivity index (χ1n) is 6.66. The Kier molecular flexibility index (Phi) is 6.71. The Morgan fingerprint density at radius 2 is 1.65 bits per heavy atom. The fourth-order valence-electron chi connectivity index (χ4n) is 1.63. The van der Waals surface area contributed by atoms with Crippen LogP contribution in [0.2, 0.25) is 0 Å². The minimum Gasteiger partial charge on any atom is -0.493 e. The molecule has 0 unspecified atom stereocenters. The van der Waals surface area contributed by atoms with Crippen molar-refractivity contribution >= 4 is 28.3 Å². The van der Waals surface area contributed by atoms with E-state index in [1.165, 1.54) is 11.8 Å². The smallest absolute Gasteiger partial charge is 0.185 e. The number of carbonyl (C=O) groups excluding carboxylic acids is 1. The maximum absolute atomic E-state index is 10.8. The fourth-order valence-corrected chi connectivity index (χ4v) is 2.18. The van der Waals surface area contributed by atoms with E-state index in [4.69, 9.17) is 4.74 Å². The Morgan fingerprint density at radius 1 is 1.10 bits per heavy atom. The highest BCUT2D eigenvalue weighted by atomic mass is 32.2. The van der Waals surface area contributed by atoms with Crippen molar-refractivity contribution in [1.29, 1.82) is 0 Å². The first kappa shape index (κ1) is 16.7. The number of hydrogen-bond acceptors (Lipinski definition) is 5. The van der Waals surface area contributed by atoms with Crippen molar-refractivity contribution in [2.45, 2.75) is 13.3 Å². The maximum atomic E-state index is 10.8. The van der Waals surface area contributed by atoms with Crippen LogP contribution in [0.5, 0.6) is 5.75 Å². The Hall–Kier alpha value is -1.36. The molecule has 0 fully saturated rings.